The highest BCUT2D eigenvalue weighted by Gasteiger charge is 2.30. The zero-order chi connectivity index (χ0) is 19.0. The molecule has 0 unspecified atom stereocenters. The van der Waals surface area contributed by atoms with Gasteiger partial charge < -0.3 is 14.4 Å². The summed E-state index contributed by atoms with van der Waals surface area (Å²) in [5.74, 6) is 0.676. The van der Waals surface area contributed by atoms with Crippen molar-refractivity contribution >= 4 is 27.3 Å². The Hall–Kier alpha value is -2.74. The standard InChI is InChI=1S/C19H20N2O5S/c1-2-27(23,24)21(15-7-8-17-18(11-15)26-13-25-17)12-19(22)20-10-9-14-5-3-4-6-16(14)20/h3-8,11H,2,9-10,12-13H2,1H3. The summed E-state index contributed by atoms with van der Waals surface area (Å²) in [6.45, 7) is 1.96. The van der Waals surface area contributed by atoms with Gasteiger partial charge in [0.25, 0.3) is 0 Å². The lowest BCUT2D eigenvalue weighted by Gasteiger charge is -2.26. The van der Waals surface area contributed by atoms with Gasteiger partial charge in [-0.05, 0) is 37.1 Å². The molecule has 0 saturated heterocycles. The van der Waals surface area contributed by atoms with E-state index in [9.17, 15) is 13.2 Å². The van der Waals surface area contributed by atoms with E-state index in [4.69, 9.17) is 9.47 Å². The van der Waals surface area contributed by atoms with Crippen LogP contribution in [-0.2, 0) is 21.2 Å². The molecule has 2 aliphatic rings. The molecule has 142 valence electrons. The highest BCUT2D eigenvalue weighted by molar-refractivity contribution is 7.92. The molecule has 0 aromatic heterocycles. The Labute approximate surface area is 158 Å². The first-order chi connectivity index (χ1) is 13.0. The van der Waals surface area contributed by atoms with Gasteiger partial charge in [0.1, 0.15) is 6.54 Å². The van der Waals surface area contributed by atoms with E-state index in [1.807, 2.05) is 24.3 Å². The van der Waals surface area contributed by atoms with E-state index in [1.54, 1.807) is 30.0 Å². The third-order valence-corrected chi connectivity index (χ3v) is 6.55. The predicted octanol–water partition coefficient (Wildman–Crippen LogP) is 2.16. The van der Waals surface area contributed by atoms with Crippen LogP contribution in [0.1, 0.15) is 12.5 Å². The summed E-state index contributed by atoms with van der Waals surface area (Å²) in [4.78, 5) is 14.6. The quantitative estimate of drug-likeness (QED) is 0.785. The van der Waals surface area contributed by atoms with Crippen molar-refractivity contribution in [2.24, 2.45) is 0 Å². The molecule has 2 aliphatic heterocycles. The number of nitrogens with zero attached hydrogens (tertiary/aromatic N) is 2. The average Bonchev–Trinajstić information content (AvgIpc) is 3.31. The van der Waals surface area contributed by atoms with Crippen LogP contribution in [0.3, 0.4) is 0 Å². The predicted molar refractivity (Wildman–Crippen MR) is 102 cm³/mol. The molecule has 7 nitrogen and oxygen atoms in total. The van der Waals surface area contributed by atoms with Gasteiger partial charge in [0.05, 0.1) is 11.4 Å². The largest absolute Gasteiger partial charge is 0.454 e. The molecule has 8 heteroatoms. The van der Waals surface area contributed by atoms with Gasteiger partial charge in [0.2, 0.25) is 22.7 Å². The fourth-order valence-corrected chi connectivity index (χ4v) is 4.41. The van der Waals surface area contributed by atoms with Crippen LogP contribution in [0.2, 0.25) is 0 Å². The van der Waals surface area contributed by atoms with Crippen LogP contribution in [0, 0.1) is 0 Å². The van der Waals surface area contributed by atoms with Crippen molar-refractivity contribution in [2.75, 3.05) is 34.8 Å². The maximum atomic E-state index is 13.0. The third-order valence-electron chi connectivity index (χ3n) is 4.81. The minimum absolute atomic E-state index is 0.100. The van der Waals surface area contributed by atoms with Gasteiger partial charge >= 0.3 is 0 Å². The number of para-hydroxylation sites is 1. The van der Waals surface area contributed by atoms with E-state index in [-0.39, 0.29) is 25.0 Å². The summed E-state index contributed by atoms with van der Waals surface area (Å²) in [6.07, 6.45) is 0.770. The van der Waals surface area contributed by atoms with Gasteiger partial charge in [0.15, 0.2) is 11.5 Å². The minimum Gasteiger partial charge on any atom is -0.454 e. The molecule has 2 aromatic carbocycles. The van der Waals surface area contributed by atoms with Gasteiger partial charge in [-0.25, -0.2) is 8.42 Å². The van der Waals surface area contributed by atoms with E-state index in [0.29, 0.717) is 23.7 Å². The first-order valence-electron chi connectivity index (χ1n) is 8.78. The monoisotopic (exact) mass is 388 g/mol. The molecular weight excluding hydrogens is 368 g/mol. The summed E-state index contributed by atoms with van der Waals surface area (Å²) in [6, 6.07) is 12.6. The Morgan fingerprint density at radius 2 is 1.93 bits per heavy atom. The van der Waals surface area contributed by atoms with Gasteiger partial charge in [-0.3, -0.25) is 9.10 Å². The molecule has 1 amide bonds. The van der Waals surface area contributed by atoms with Crippen molar-refractivity contribution in [3.63, 3.8) is 0 Å². The summed E-state index contributed by atoms with van der Waals surface area (Å²) in [5, 5.41) is 0. The maximum absolute atomic E-state index is 13.0. The zero-order valence-corrected chi connectivity index (χ0v) is 15.7. The molecule has 0 atom stereocenters. The number of hydrogen-bond donors (Lipinski definition) is 0. The van der Waals surface area contributed by atoms with Crippen LogP contribution in [-0.4, -0.2) is 40.0 Å². The van der Waals surface area contributed by atoms with E-state index in [0.717, 1.165) is 22.0 Å². The van der Waals surface area contributed by atoms with E-state index in [1.165, 1.54) is 0 Å². The van der Waals surface area contributed by atoms with Crippen molar-refractivity contribution in [3.05, 3.63) is 48.0 Å². The van der Waals surface area contributed by atoms with Crippen LogP contribution >= 0.6 is 0 Å². The number of amides is 1. The summed E-state index contributed by atoms with van der Waals surface area (Å²) in [5.41, 5.74) is 2.34. The Bertz CT molecular complexity index is 989. The van der Waals surface area contributed by atoms with Crippen molar-refractivity contribution in [3.8, 4) is 11.5 Å². The number of hydrogen-bond acceptors (Lipinski definition) is 5. The van der Waals surface area contributed by atoms with E-state index < -0.39 is 10.0 Å². The van der Waals surface area contributed by atoms with Gasteiger partial charge in [0, 0.05) is 18.3 Å². The first kappa shape index (κ1) is 17.7. The number of benzene rings is 2. The molecule has 0 N–H and O–H groups in total. The van der Waals surface area contributed by atoms with Crippen LogP contribution in [0.25, 0.3) is 0 Å². The second kappa shape index (κ2) is 6.77. The SMILES string of the molecule is CCS(=O)(=O)N(CC(=O)N1CCc2ccccc21)c1ccc2c(c1)OCO2. The molecule has 2 heterocycles. The highest BCUT2D eigenvalue weighted by atomic mass is 32.2. The molecule has 4 rings (SSSR count). The second-order valence-electron chi connectivity index (χ2n) is 6.37. The second-order valence-corrected chi connectivity index (χ2v) is 8.55. The summed E-state index contributed by atoms with van der Waals surface area (Å²) in [7, 11) is -3.64. The summed E-state index contributed by atoms with van der Waals surface area (Å²) >= 11 is 0. The van der Waals surface area contributed by atoms with Crippen molar-refractivity contribution in [2.45, 2.75) is 13.3 Å². The molecule has 27 heavy (non-hydrogen) atoms. The third kappa shape index (κ3) is 3.21. The van der Waals surface area contributed by atoms with Crippen LogP contribution < -0.4 is 18.7 Å². The fraction of sp³-hybridized carbons (Fsp3) is 0.316. The topological polar surface area (TPSA) is 76.2 Å². The lowest BCUT2D eigenvalue weighted by atomic mass is 10.2. The minimum atomic E-state index is -3.64. The number of rotatable bonds is 5. The number of carbonyl (C=O) groups excluding carboxylic acids is 1. The maximum Gasteiger partial charge on any atom is 0.247 e. The molecule has 0 saturated carbocycles. The molecular formula is C19H20N2O5S. The van der Waals surface area contributed by atoms with Crippen LogP contribution in [0.15, 0.2) is 42.5 Å². The van der Waals surface area contributed by atoms with Crippen LogP contribution in [0.5, 0.6) is 11.5 Å². The first-order valence-corrected chi connectivity index (χ1v) is 10.4. The molecule has 2 aromatic rings. The Morgan fingerprint density at radius 1 is 1.15 bits per heavy atom. The normalized spacial score (nSPS) is 14.9. The fourth-order valence-electron chi connectivity index (χ4n) is 3.35. The van der Waals surface area contributed by atoms with Crippen molar-refractivity contribution in [1.82, 2.24) is 0 Å². The number of fused-ring (bicyclic) bond motifs is 2. The molecule has 0 aliphatic carbocycles. The van der Waals surface area contributed by atoms with E-state index >= 15 is 0 Å². The molecule has 0 bridgehead atoms. The van der Waals surface area contributed by atoms with Crippen molar-refractivity contribution < 1.29 is 22.7 Å². The smallest absolute Gasteiger partial charge is 0.247 e. The number of carbonyl (C=O) groups is 1. The molecule has 0 fully saturated rings. The Balaban J connectivity index is 1.64. The number of anilines is 2. The lowest BCUT2D eigenvalue weighted by Crippen LogP contribution is -2.43. The number of sulfonamides is 1. The lowest BCUT2D eigenvalue weighted by molar-refractivity contribution is -0.117. The zero-order valence-electron chi connectivity index (χ0n) is 14.9. The van der Waals surface area contributed by atoms with Gasteiger partial charge in [-0.2, -0.15) is 0 Å². The van der Waals surface area contributed by atoms with Crippen molar-refractivity contribution in [1.29, 1.82) is 0 Å². The number of ether oxygens (including phenoxy) is 2. The van der Waals surface area contributed by atoms with Gasteiger partial charge in [-0.1, -0.05) is 18.2 Å². The average molecular weight is 388 g/mol. The van der Waals surface area contributed by atoms with Gasteiger partial charge in [-0.15, -0.1) is 0 Å². The van der Waals surface area contributed by atoms with E-state index in [2.05, 4.69) is 0 Å². The van der Waals surface area contributed by atoms with Crippen LogP contribution in [0.4, 0.5) is 11.4 Å². The Morgan fingerprint density at radius 3 is 2.74 bits per heavy atom. The molecule has 0 spiro atoms. The Kier molecular flexibility index (Phi) is 4.43. The highest BCUT2D eigenvalue weighted by Crippen LogP contribution is 2.36. The summed E-state index contributed by atoms with van der Waals surface area (Å²) < 4.78 is 37.1. The molecule has 0 radical (unpaired) electrons.